The van der Waals surface area contributed by atoms with Gasteiger partial charge in [-0.3, -0.25) is 14.6 Å². The molecule has 0 spiro atoms. The molecular formula is C22H29ClN4O2. The first-order chi connectivity index (χ1) is 14.2. The molecule has 1 N–H and O–H groups in total. The van der Waals surface area contributed by atoms with E-state index in [4.69, 9.17) is 16.3 Å². The van der Waals surface area contributed by atoms with Crippen LogP contribution in [0.4, 0.5) is 0 Å². The van der Waals surface area contributed by atoms with Crippen molar-refractivity contribution < 1.29 is 9.53 Å². The number of benzene rings is 1. The van der Waals surface area contributed by atoms with Crippen LogP contribution in [0.3, 0.4) is 0 Å². The summed E-state index contributed by atoms with van der Waals surface area (Å²) in [4.78, 5) is 17.3. The van der Waals surface area contributed by atoms with E-state index in [0.29, 0.717) is 13.1 Å². The number of ether oxygens (including phenoxy) is 1. The lowest BCUT2D eigenvalue weighted by atomic mass is 10.00. The number of halogens is 1. The van der Waals surface area contributed by atoms with Crippen LogP contribution in [0.15, 0.2) is 42.6 Å². The van der Waals surface area contributed by atoms with Crippen molar-refractivity contribution in [2.24, 2.45) is 0 Å². The van der Waals surface area contributed by atoms with Crippen molar-refractivity contribution in [1.29, 1.82) is 0 Å². The van der Waals surface area contributed by atoms with E-state index in [1.54, 1.807) is 0 Å². The van der Waals surface area contributed by atoms with Gasteiger partial charge in [0.1, 0.15) is 0 Å². The number of hydrogen-bond donors (Lipinski definition) is 1. The standard InChI is InChI=1S/C22H29ClN4O2/c23-19-6-2-1-5-18(19)22-20-7-3-10-26(20)11-12-27(22)17-21(28)24-8-4-9-25-13-15-29-16-14-25/h1-3,5-7,10,22H,4,8-9,11-17H2,(H,24,28). The highest BCUT2D eigenvalue weighted by Crippen LogP contribution is 2.35. The zero-order valence-electron chi connectivity index (χ0n) is 16.7. The van der Waals surface area contributed by atoms with Gasteiger partial charge < -0.3 is 14.6 Å². The van der Waals surface area contributed by atoms with Crippen LogP contribution in [0.2, 0.25) is 5.02 Å². The second-order valence-corrected chi connectivity index (χ2v) is 8.09. The molecule has 1 saturated heterocycles. The van der Waals surface area contributed by atoms with E-state index in [-0.39, 0.29) is 11.9 Å². The smallest absolute Gasteiger partial charge is 0.234 e. The van der Waals surface area contributed by atoms with Gasteiger partial charge in [-0.05, 0) is 36.7 Å². The molecule has 2 aliphatic heterocycles. The Hall–Kier alpha value is -1.86. The van der Waals surface area contributed by atoms with Crippen LogP contribution in [0.25, 0.3) is 0 Å². The molecule has 0 bridgehead atoms. The fraction of sp³-hybridized carbons (Fsp3) is 0.500. The Bertz CT molecular complexity index is 819. The van der Waals surface area contributed by atoms with Crippen molar-refractivity contribution in [3.8, 4) is 0 Å². The molecular weight excluding hydrogens is 388 g/mol. The summed E-state index contributed by atoms with van der Waals surface area (Å²) in [5.41, 5.74) is 2.23. The third kappa shape index (κ3) is 5.01. The highest BCUT2D eigenvalue weighted by atomic mass is 35.5. The van der Waals surface area contributed by atoms with Crippen LogP contribution in [-0.4, -0.2) is 72.8 Å². The van der Waals surface area contributed by atoms with E-state index in [1.165, 1.54) is 5.69 Å². The monoisotopic (exact) mass is 416 g/mol. The highest BCUT2D eigenvalue weighted by Gasteiger charge is 2.31. The number of amides is 1. The van der Waals surface area contributed by atoms with E-state index >= 15 is 0 Å². The molecule has 1 aromatic heterocycles. The SMILES string of the molecule is O=C(CN1CCn2cccc2C1c1ccccc1Cl)NCCCN1CCOCC1. The lowest BCUT2D eigenvalue weighted by molar-refractivity contribution is -0.122. The van der Waals surface area contributed by atoms with Gasteiger partial charge in [-0.1, -0.05) is 29.8 Å². The Morgan fingerprint density at radius 3 is 2.76 bits per heavy atom. The first-order valence-electron chi connectivity index (χ1n) is 10.4. The molecule has 6 nitrogen and oxygen atoms in total. The first kappa shape index (κ1) is 20.4. The molecule has 2 aromatic rings. The summed E-state index contributed by atoms with van der Waals surface area (Å²) in [7, 11) is 0. The molecule has 0 aliphatic carbocycles. The maximum Gasteiger partial charge on any atom is 0.234 e. The van der Waals surface area contributed by atoms with Crippen LogP contribution in [0.5, 0.6) is 0 Å². The molecule has 29 heavy (non-hydrogen) atoms. The van der Waals surface area contributed by atoms with Gasteiger partial charge in [0, 0.05) is 49.6 Å². The molecule has 2 aliphatic rings. The molecule has 1 fully saturated rings. The van der Waals surface area contributed by atoms with Crippen molar-refractivity contribution >= 4 is 17.5 Å². The predicted octanol–water partition coefficient (Wildman–Crippen LogP) is 2.38. The van der Waals surface area contributed by atoms with Crippen LogP contribution >= 0.6 is 11.6 Å². The van der Waals surface area contributed by atoms with E-state index < -0.39 is 0 Å². The predicted molar refractivity (Wildman–Crippen MR) is 114 cm³/mol. The number of rotatable bonds is 7. The van der Waals surface area contributed by atoms with Gasteiger partial charge >= 0.3 is 0 Å². The van der Waals surface area contributed by atoms with Crippen molar-refractivity contribution in [3.05, 3.63) is 58.9 Å². The number of hydrogen-bond acceptors (Lipinski definition) is 4. The summed E-state index contributed by atoms with van der Waals surface area (Å²) in [6.45, 7) is 7.38. The second-order valence-electron chi connectivity index (χ2n) is 7.68. The molecule has 0 saturated carbocycles. The number of carbonyl (C=O) groups is 1. The number of fused-ring (bicyclic) bond motifs is 1. The lowest BCUT2D eigenvalue weighted by Crippen LogP contribution is -2.45. The summed E-state index contributed by atoms with van der Waals surface area (Å²) in [6, 6.07) is 12.1. The van der Waals surface area contributed by atoms with Gasteiger partial charge in [0.05, 0.1) is 25.8 Å². The second kappa shape index (κ2) is 9.76. The molecule has 3 heterocycles. The van der Waals surface area contributed by atoms with Crippen LogP contribution < -0.4 is 5.32 Å². The molecule has 1 unspecified atom stereocenters. The normalized spacial score (nSPS) is 20.4. The summed E-state index contributed by atoms with van der Waals surface area (Å²) < 4.78 is 7.63. The van der Waals surface area contributed by atoms with Gasteiger partial charge in [-0.15, -0.1) is 0 Å². The number of nitrogens with zero attached hydrogens (tertiary/aromatic N) is 3. The minimum Gasteiger partial charge on any atom is -0.379 e. The van der Waals surface area contributed by atoms with Crippen LogP contribution in [0.1, 0.15) is 23.7 Å². The molecule has 1 aromatic carbocycles. The number of carbonyl (C=O) groups excluding carboxylic acids is 1. The average molecular weight is 417 g/mol. The largest absolute Gasteiger partial charge is 0.379 e. The third-order valence-corrected chi connectivity index (χ3v) is 6.11. The van der Waals surface area contributed by atoms with Crippen molar-refractivity contribution in [1.82, 2.24) is 19.7 Å². The molecule has 4 rings (SSSR count). The zero-order valence-corrected chi connectivity index (χ0v) is 17.5. The van der Waals surface area contributed by atoms with Gasteiger partial charge in [-0.2, -0.15) is 0 Å². The minimum atomic E-state index is -0.00782. The van der Waals surface area contributed by atoms with Crippen molar-refractivity contribution in [3.63, 3.8) is 0 Å². The van der Waals surface area contributed by atoms with E-state index in [1.807, 2.05) is 18.2 Å². The zero-order chi connectivity index (χ0) is 20.1. The molecule has 0 radical (unpaired) electrons. The van der Waals surface area contributed by atoms with E-state index in [0.717, 1.165) is 62.9 Å². The fourth-order valence-electron chi connectivity index (χ4n) is 4.25. The number of morpholine rings is 1. The van der Waals surface area contributed by atoms with Crippen LogP contribution in [-0.2, 0) is 16.1 Å². The Kier molecular flexibility index (Phi) is 6.87. The molecule has 1 amide bonds. The molecule has 156 valence electrons. The van der Waals surface area contributed by atoms with Gasteiger partial charge in [0.15, 0.2) is 0 Å². The quantitative estimate of drug-likeness (QED) is 0.704. The van der Waals surface area contributed by atoms with E-state index in [9.17, 15) is 4.79 Å². The first-order valence-corrected chi connectivity index (χ1v) is 10.8. The van der Waals surface area contributed by atoms with Crippen LogP contribution in [0, 0.1) is 0 Å². The summed E-state index contributed by atoms with van der Waals surface area (Å²) >= 11 is 6.52. The van der Waals surface area contributed by atoms with Gasteiger partial charge in [0.25, 0.3) is 0 Å². The Labute approximate surface area is 177 Å². The Balaban J connectivity index is 1.35. The Morgan fingerprint density at radius 2 is 1.93 bits per heavy atom. The molecule has 7 heteroatoms. The lowest BCUT2D eigenvalue weighted by Gasteiger charge is -2.37. The average Bonchev–Trinajstić information content (AvgIpc) is 3.21. The molecule has 1 atom stereocenters. The fourth-order valence-corrected chi connectivity index (χ4v) is 4.49. The Morgan fingerprint density at radius 1 is 1.10 bits per heavy atom. The third-order valence-electron chi connectivity index (χ3n) is 5.76. The minimum absolute atomic E-state index is 0.00782. The highest BCUT2D eigenvalue weighted by molar-refractivity contribution is 6.31. The van der Waals surface area contributed by atoms with Crippen molar-refractivity contribution in [2.45, 2.75) is 19.0 Å². The summed E-state index contributed by atoms with van der Waals surface area (Å²) in [5.74, 6) is 0.0732. The van der Waals surface area contributed by atoms with Crippen molar-refractivity contribution in [2.75, 3.05) is 52.5 Å². The van der Waals surface area contributed by atoms with Gasteiger partial charge in [0.2, 0.25) is 5.91 Å². The maximum absolute atomic E-state index is 12.6. The maximum atomic E-state index is 12.6. The van der Waals surface area contributed by atoms with E-state index in [2.05, 4.69) is 44.1 Å². The number of aromatic nitrogens is 1. The summed E-state index contributed by atoms with van der Waals surface area (Å²) in [5, 5.41) is 3.83. The topological polar surface area (TPSA) is 49.7 Å². The van der Waals surface area contributed by atoms with Gasteiger partial charge in [-0.25, -0.2) is 0 Å². The summed E-state index contributed by atoms with van der Waals surface area (Å²) in [6.07, 6.45) is 3.06. The number of nitrogens with one attached hydrogen (secondary N) is 1.